The average molecular weight is 463 g/mol. The van der Waals surface area contributed by atoms with E-state index in [1.165, 1.54) is 16.2 Å². The van der Waals surface area contributed by atoms with Crippen molar-refractivity contribution in [1.29, 1.82) is 0 Å². The topological polar surface area (TPSA) is 79.2 Å². The number of anilines is 1. The molecular weight excluding hydrogens is 435 g/mol. The summed E-state index contributed by atoms with van der Waals surface area (Å²) in [6, 6.07) is 16.9. The van der Waals surface area contributed by atoms with Crippen LogP contribution in [0.25, 0.3) is 11.2 Å². The van der Waals surface area contributed by atoms with Crippen LogP contribution in [0.1, 0.15) is 11.1 Å². The van der Waals surface area contributed by atoms with Crippen LogP contribution in [0.4, 0.5) is 10.3 Å². The van der Waals surface area contributed by atoms with Gasteiger partial charge in [-0.3, -0.25) is 23.8 Å². The van der Waals surface area contributed by atoms with Gasteiger partial charge >= 0.3 is 5.69 Å². The third kappa shape index (κ3) is 4.26. The average Bonchev–Trinajstić information content (AvgIpc) is 3.23. The maximum absolute atomic E-state index is 14.5. The lowest BCUT2D eigenvalue weighted by Crippen LogP contribution is -2.47. The van der Waals surface area contributed by atoms with Gasteiger partial charge in [0.2, 0.25) is 5.95 Å². The van der Waals surface area contributed by atoms with Gasteiger partial charge in [-0.1, -0.05) is 48.5 Å². The lowest BCUT2D eigenvalue weighted by atomic mass is 10.1. The number of aryl methyl sites for hydroxylation is 1. The zero-order chi connectivity index (χ0) is 23.7. The Balaban J connectivity index is 1.43. The second-order valence-corrected chi connectivity index (χ2v) is 8.64. The fourth-order valence-electron chi connectivity index (χ4n) is 4.51. The smallest absolute Gasteiger partial charge is 0.329 e. The van der Waals surface area contributed by atoms with Gasteiger partial charge in [-0.05, 0) is 18.1 Å². The molecule has 5 rings (SSSR count). The molecule has 9 heteroatoms. The predicted octanol–water partition coefficient (Wildman–Crippen LogP) is 1.98. The number of piperazine rings is 1. The van der Waals surface area contributed by atoms with Crippen LogP contribution >= 0.6 is 0 Å². The van der Waals surface area contributed by atoms with Crippen LogP contribution in [-0.2, 0) is 20.0 Å². The fraction of sp³-hybridized carbons (Fsp3) is 0.320. The Hall–Kier alpha value is -3.72. The standard InChI is InChI=1S/C25H27FN6O2/c1-29-22-21(23(33)28-25(29)34)32(17-19-9-5-6-10-20(19)26)24(27-22)31-15-13-30(14-16-31)12-11-18-7-3-2-4-8-18/h2-10H,11-17H2,1H3,(H,28,33,34). The van der Waals surface area contributed by atoms with E-state index < -0.39 is 11.2 Å². The number of benzene rings is 2. The molecule has 0 amide bonds. The lowest BCUT2D eigenvalue weighted by Gasteiger charge is -2.35. The summed E-state index contributed by atoms with van der Waals surface area (Å²) in [5.41, 5.74) is 1.30. The summed E-state index contributed by atoms with van der Waals surface area (Å²) in [7, 11) is 1.58. The van der Waals surface area contributed by atoms with Crippen LogP contribution in [0.15, 0.2) is 64.2 Å². The monoisotopic (exact) mass is 462 g/mol. The van der Waals surface area contributed by atoms with Crippen molar-refractivity contribution in [3.63, 3.8) is 0 Å². The second-order valence-electron chi connectivity index (χ2n) is 8.64. The summed E-state index contributed by atoms with van der Waals surface area (Å²) in [5.74, 6) is 0.231. The number of halogens is 1. The number of fused-ring (bicyclic) bond motifs is 1. The first kappa shape index (κ1) is 22.1. The Morgan fingerprint density at radius 3 is 2.41 bits per heavy atom. The first-order valence-electron chi connectivity index (χ1n) is 11.5. The van der Waals surface area contributed by atoms with Crippen molar-refractivity contribution >= 4 is 17.1 Å². The van der Waals surface area contributed by atoms with E-state index in [1.54, 1.807) is 29.8 Å². The first-order valence-corrected chi connectivity index (χ1v) is 11.5. The highest BCUT2D eigenvalue weighted by atomic mass is 19.1. The van der Waals surface area contributed by atoms with Crippen LogP contribution in [0.5, 0.6) is 0 Å². The number of hydrogen-bond acceptors (Lipinski definition) is 5. The Morgan fingerprint density at radius 2 is 1.68 bits per heavy atom. The number of aromatic nitrogens is 4. The summed E-state index contributed by atoms with van der Waals surface area (Å²) < 4.78 is 17.5. The van der Waals surface area contributed by atoms with Crippen molar-refractivity contribution in [1.82, 2.24) is 24.0 Å². The van der Waals surface area contributed by atoms with Crippen molar-refractivity contribution in [2.45, 2.75) is 13.0 Å². The third-order valence-electron chi connectivity index (χ3n) is 6.49. The molecule has 0 saturated carbocycles. The van der Waals surface area contributed by atoms with Crippen molar-refractivity contribution in [2.24, 2.45) is 7.05 Å². The summed E-state index contributed by atoms with van der Waals surface area (Å²) in [4.78, 5) is 36.5. The highest BCUT2D eigenvalue weighted by Gasteiger charge is 2.25. The van der Waals surface area contributed by atoms with Crippen LogP contribution in [-0.4, -0.2) is 56.7 Å². The third-order valence-corrected chi connectivity index (χ3v) is 6.49. The molecule has 1 fully saturated rings. The number of rotatable bonds is 6. The van der Waals surface area contributed by atoms with Gasteiger partial charge in [-0.15, -0.1) is 0 Å². The van der Waals surface area contributed by atoms with Crippen molar-refractivity contribution in [3.05, 3.63) is 92.4 Å². The molecule has 1 saturated heterocycles. The van der Waals surface area contributed by atoms with E-state index in [1.807, 2.05) is 6.07 Å². The van der Waals surface area contributed by atoms with E-state index in [0.29, 0.717) is 17.2 Å². The minimum atomic E-state index is -0.523. The normalized spacial score (nSPS) is 14.7. The molecule has 8 nitrogen and oxygen atoms in total. The number of nitrogens with one attached hydrogen (secondary N) is 1. The Bertz CT molecular complexity index is 1420. The van der Waals surface area contributed by atoms with Crippen LogP contribution < -0.4 is 16.1 Å². The summed E-state index contributed by atoms with van der Waals surface area (Å²) in [6.07, 6.45) is 0.990. The van der Waals surface area contributed by atoms with E-state index in [-0.39, 0.29) is 17.9 Å². The molecule has 3 heterocycles. The summed E-state index contributed by atoms with van der Waals surface area (Å²) >= 11 is 0. The van der Waals surface area contributed by atoms with Crippen molar-refractivity contribution in [3.8, 4) is 0 Å². The van der Waals surface area contributed by atoms with Gasteiger partial charge in [0.05, 0.1) is 6.54 Å². The van der Waals surface area contributed by atoms with Crippen LogP contribution in [0.3, 0.4) is 0 Å². The Labute approximate surface area is 195 Å². The molecular formula is C25H27FN6O2. The van der Waals surface area contributed by atoms with Crippen LogP contribution in [0, 0.1) is 5.82 Å². The SMILES string of the molecule is Cn1c(=O)[nH]c(=O)c2c1nc(N1CCN(CCc3ccccc3)CC1)n2Cc1ccccc1F. The van der Waals surface area contributed by atoms with E-state index >= 15 is 0 Å². The molecule has 1 N–H and O–H groups in total. The van der Waals surface area contributed by atoms with Crippen molar-refractivity contribution < 1.29 is 4.39 Å². The molecule has 176 valence electrons. The van der Waals surface area contributed by atoms with E-state index in [2.05, 4.69) is 39.0 Å². The molecule has 1 aliphatic heterocycles. The largest absolute Gasteiger partial charge is 0.340 e. The molecule has 2 aromatic heterocycles. The van der Waals surface area contributed by atoms with Gasteiger partial charge in [-0.25, -0.2) is 9.18 Å². The number of aromatic amines is 1. The molecule has 2 aromatic carbocycles. The molecule has 0 spiro atoms. The Morgan fingerprint density at radius 1 is 0.971 bits per heavy atom. The summed E-state index contributed by atoms with van der Waals surface area (Å²) in [6.45, 7) is 4.27. The molecule has 0 bridgehead atoms. The Kier molecular flexibility index (Phi) is 6.02. The highest BCUT2D eigenvalue weighted by molar-refractivity contribution is 5.74. The van der Waals surface area contributed by atoms with Gasteiger partial charge in [0.15, 0.2) is 11.2 Å². The lowest BCUT2D eigenvalue weighted by molar-refractivity contribution is 0.259. The highest BCUT2D eigenvalue weighted by Crippen LogP contribution is 2.23. The van der Waals surface area contributed by atoms with E-state index in [0.717, 1.165) is 39.1 Å². The maximum Gasteiger partial charge on any atom is 0.329 e. The van der Waals surface area contributed by atoms with Gasteiger partial charge in [-0.2, -0.15) is 4.98 Å². The molecule has 0 atom stereocenters. The van der Waals surface area contributed by atoms with Gasteiger partial charge in [0.25, 0.3) is 5.56 Å². The maximum atomic E-state index is 14.5. The minimum absolute atomic E-state index is 0.147. The minimum Gasteiger partial charge on any atom is -0.340 e. The first-order chi connectivity index (χ1) is 16.5. The molecule has 0 unspecified atom stereocenters. The molecule has 1 aliphatic rings. The number of hydrogen-bond donors (Lipinski definition) is 1. The zero-order valence-electron chi connectivity index (χ0n) is 19.1. The van der Waals surface area contributed by atoms with Crippen molar-refractivity contribution in [2.75, 3.05) is 37.6 Å². The molecule has 34 heavy (non-hydrogen) atoms. The van der Waals surface area contributed by atoms with E-state index in [9.17, 15) is 14.0 Å². The van der Waals surface area contributed by atoms with E-state index in [4.69, 9.17) is 4.98 Å². The fourth-order valence-corrected chi connectivity index (χ4v) is 4.51. The molecule has 0 aliphatic carbocycles. The van der Waals surface area contributed by atoms with Gasteiger partial charge in [0, 0.05) is 45.3 Å². The zero-order valence-corrected chi connectivity index (χ0v) is 19.1. The predicted molar refractivity (Wildman–Crippen MR) is 130 cm³/mol. The number of nitrogens with zero attached hydrogens (tertiary/aromatic N) is 5. The second kappa shape index (κ2) is 9.26. The number of imidazole rings is 1. The van der Waals surface area contributed by atoms with Crippen LogP contribution in [0.2, 0.25) is 0 Å². The van der Waals surface area contributed by atoms with Gasteiger partial charge in [0.1, 0.15) is 5.82 Å². The number of H-pyrrole nitrogens is 1. The molecule has 4 aromatic rings. The molecule has 0 radical (unpaired) electrons. The van der Waals surface area contributed by atoms with Gasteiger partial charge < -0.3 is 4.90 Å². The quantitative estimate of drug-likeness (QED) is 0.474. The summed E-state index contributed by atoms with van der Waals surface area (Å²) in [5, 5.41) is 0.